The number of anilines is 2. The maximum absolute atomic E-state index is 14.4. The van der Waals surface area contributed by atoms with Crippen molar-refractivity contribution >= 4 is 42.3 Å². The molecule has 3 atom stereocenters. The van der Waals surface area contributed by atoms with E-state index in [4.69, 9.17) is 19.9 Å². The predicted molar refractivity (Wildman–Crippen MR) is 171 cm³/mol. The topological polar surface area (TPSA) is 185 Å². The van der Waals surface area contributed by atoms with Crippen LogP contribution in [-0.2, 0) is 41.3 Å². The third-order valence-corrected chi connectivity index (χ3v) is 8.83. The molecule has 0 saturated heterocycles. The zero-order valence-corrected chi connectivity index (χ0v) is 27.5. The molecule has 1 fully saturated rings. The second kappa shape index (κ2) is 15.6. The molecule has 1 aliphatic carbocycles. The van der Waals surface area contributed by atoms with E-state index in [1.807, 2.05) is 44.2 Å². The first-order valence-corrected chi connectivity index (χ1v) is 17.2. The molecule has 0 bridgehead atoms. The molecular weight excluding hydrogens is 599 g/mol. The number of nitrogens with zero attached hydrogens (tertiary/aromatic N) is 4. The van der Waals surface area contributed by atoms with Crippen LogP contribution in [0.25, 0.3) is 11.2 Å². The van der Waals surface area contributed by atoms with Gasteiger partial charge < -0.3 is 29.8 Å². The number of nitrogens with two attached hydrogens (primary N) is 1. The van der Waals surface area contributed by atoms with Crippen molar-refractivity contribution in [2.75, 3.05) is 30.6 Å². The number of aromatic nitrogens is 4. The molecule has 2 aromatic heterocycles. The molecule has 246 valence electrons. The van der Waals surface area contributed by atoms with Crippen LogP contribution < -0.4 is 21.2 Å². The van der Waals surface area contributed by atoms with Gasteiger partial charge in [-0.3, -0.25) is 14.2 Å². The van der Waals surface area contributed by atoms with Crippen LogP contribution in [0, 0.1) is 5.92 Å². The maximum atomic E-state index is 14.4. The standard InChI is InChI=1S/C30H45N8O6P/c1-19(2)16-43-29(40)24(15-22-9-7-6-8-10-22)37-45(41,36-21(5)28(39)44-20(3)4)18-42-14-13-38-17-32-25-26(33-23-11-12-23)34-30(31)35-27(25)38/h6-10,17,19-21,23-24H,11-16,18H2,1-5H3,(H2,36,37,41)(H3,31,33,34,35). The summed E-state index contributed by atoms with van der Waals surface area (Å²) >= 11 is 0. The monoisotopic (exact) mass is 644 g/mol. The molecule has 45 heavy (non-hydrogen) atoms. The van der Waals surface area contributed by atoms with Gasteiger partial charge in [0.25, 0.3) is 0 Å². The van der Waals surface area contributed by atoms with Gasteiger partial charge in [-0.1, -0.05) is 44.2 Å². The Hall–Kier alpha value is -3.58. The highest BCUT2D eigenvalue weighted by atomic mass is 31.2. The molecule has 3 aromatic rings. The number of hydrogen-bond donors (Lipinski definition) is 4. The number of nitrogens with one attached hydrogen (secondary N) is 3. The minimum absolute atomic E-state index is 0.117. The Labute approximate surface area is 263 Å². The molecule has 0 spiro atoms. The van der Waals surface area contributed by atoms with Crippen LogP contribution in [0.3, 0.4) is 0 Å². The Kier molecular flexibility index (Phi) is 11.9. The van der Waals surface area contributed by atoms with E-state index >= 15 is 0 Å². The van der Waals surface area contributed by atoms with Crippen LogP contribution in [0.2, 0.25) is 0 Å². The van der Waals surface area contributed by atoms with Crippen molar-refractivity contribution in [3.63, 3.8) is 0 Å². The lowest BCUT2D eigenvalue weighted by Crippen LogP contribution is -2.45. The summed E-state index contributed by atoms with van der Waals surface area (Å²) in [6, 6.07) is 7.78. The second-order valence-corrected chi connectivity index (χ2v) is 14.2. The smallest absolute Gasteiger partial charge is 0.323 e. The fourth-order valence-corrected chi connectivity index (χ4v) is 6.49. The van der Waals surface area contributed by atoms with Gasteiger partial charge in [0, 0.05) is 12.6 Å². The van der Waals surface area contributed by atoms with Gasteiger partial charge >= 0.3 is 11.9 Å². The highest BCUT2D eigenvalue weighted by molar-refractivity contribution is 7.59. The van der Waals surface area contributed by atoms with Gasteiger partial charge in [-0.2, -0.15) is 9.97 Å². The number of nitrogen functional groups attached to an aromatic ring is 1. The number of imidazole rings is 1. The van der Waals surface area contributed by atoms with Crippen molar-refractivity contribution in [1.82, 2.24) is 29.7 Å². The average Bonchev–Trinajstić information content (AvgIpc) is 3.71. The van der Waals surface area contributed by atoms with Crippen LogP contribution in [0.1, 0.15) is 53.0 Å². The highest BCUT2D eigenvalue weighted by Crippen LogP contribution is 2.38. The normalized spacial score (nSPS) is 16.0. The first kappa shape index (κ1) is 34.3. The van der Waals surface area contributed by atoms with Gasteiger partial charge in [-0.25, -0.2) is 15.2 Å². The number of esters is 2. The second-order valence-electron chi connectivity index (χ2n) is 12.0. The van der Waals surface area contributed by atoms with Crippen LogP contribution in [-0.4, -0.2) is 75.2 Å². The number of benzene rings is 1. The van der Waals surface area contributed by atoms with E-state index in [2.05, 4.69) is 30.4 Å². The highest BCUT2D eigenvalue weighted by Gasteiger charge is 2.34. The van der Waals surface area contributed by atoms with E-state index in [-0.39, 0.29) is 44.0 Å². The lowest BCUT2D eigenvalue weighted by Gasteiger charge is -2.28. The molecule has 1 saturated carbocycles. The minimum atomic E-state index is -3.75. The number of rotatable bonds is 18. The van der Waals surface area contributed by atoms with Gasteiger partial charge in [0.05, 0.1) is 25.6 Å². The molecule has 4 rings (SSSR count). The van der Waals surface area contributed by atoms with Gasteiger partial charge in [0.2, 0.25) is 13.4 Å². The van der Waals surface area contributed by atoms with Crippen molar-refractivity contribution in [3.8, 4) is 0 Å². The summed E-state index contributed by atoms with van der Waals surface area (Å²) in [5.74, 6) is -0.293. The molecule has 3 unspecified atom stereocenters. The summed E-state index contributed by atoms with van der Waals surface area (Å²) < 4.78 is 32.9. The molecule has 0 aliphatic heterocycles. The molecule has 15 heteroatoms. The Morgan fingerprint density at radius 3 is 2.47 bits per heavy atom. The lowest BCUT2D eigenvalue weighted by molar-refractivity contribution is -0.149. The fraction of sp³-hybridized carbons (Fsp3) is 0.567. The van der Waals surface area contributed by atoms with Crippen LogP contribution in [0.4, 0.5) is 11.8 Å². The van der Waals surface area contributed by atoms with Crippen molar-refractivity contribution in [2.24, 2.45) is 5.92 Å². The van der Waals surface area contributed by atoms with E-state index in [0.717, 1.165) is 18.4 Å². The average molecular weight is 645 g/mol. The van der Waals surface area contributed by atoms with Gasteiger partial charge in [-0.15, -0.1) is 0 Å². The zero-order chi connectivity index (χ0) is 32.6. The minimum Gasteiger partial charge on any atom is -0.464 e. The van der Waals surface area contributed by atoms with Crippen molar-refractivity contribution in [2.45, 2.75) is 84.7 Å². The third kappa shape index (κ3) is 10.5. The molecule has 1 aliphatic rings. The van der Waals surface area contributed by atoms with Crippen molar-refractivity contribution in [1.29, 1.82) is 0 Å². The summed E-state index contributed by atoms with van der Waals surface area (Å²) in [7, 11) is -3.75. The number of hydrogen-bond acceptors (Lipinski definition) is 11. The quantitative estimate of drug-likeness (QED) is 0.0897. The SMILES string of the molecule is CC(C)COC(=O)C(Cc1ccccc1)NP(=O)(COCCn1cnc2c(NC3CC3)nc(N)nc21)NC(C)C(=O)OC(C)C. The molecule has 2 heterocycles. The summed E-state index contributed by atoms with van der Waals surface area (Å²) in [5, 5.41) is 9.18. The maximum Gasteiger partial charge on any atom is 0.323 e. The fourth-order valence-electron chi connectivity index (χ4n) is 4.45. The largest absolute Gasteiger partial charge is 0.464 e. The number of ether oxygens (including phenoxy) is 3. The van der Waals surface area contributed by atoms with Crippen LogP contribution in [0.15, 0.2) is 36.7 Å². The molecule has 14 nitrogen and oxygen atoms in total. The molecule has 5 N–H and O–H groups in total. The van der Waals surface area contributed by atoms with Gasteiger partial charge in [0.1, 0.15) is 18.4 Å². The first-order valence-electron chi connectivity index (χ1n) is 15.3. The van der Waals surface area contributed by atoms with E-state index in [1.54, 1.807) is 31.7 Å². The Morgan fingerprint density at radius 1 is 1.07 bits per heavy atom. The zero-order valence-electron chi connectivity index (χ0n) is 26.6. The van der Waals surface area contributed by atoms with E-state index < -0.39 is 31.5 Å². The van der Waals surface area contributed by atoms with E-state index in [1.165, 1.54) is 0 Å². The number of carbonyl (C=O) groups is 2. The Bertz CT molecular complexity index is 1480. The van der Waals surface area contributed by atoms with Crippen LogP contribution in [0.5, 0.6) is 0 Å². The number of fused-ring (bicyclic) bond motifs is 1. The van der Waals surface area contributed by atoms with E-state index in [9.17, 15) is 14.2 Å². The van der Waals surface area contributed by atoms with Crippen LogP contribution >= 0.6 is 7.44 Å². The van der Waals surface area contributed by atoms with Gasteiger partial charge in [-0.05, 0) is 51.5 Å². The third-order valence-electron chi connectivity index (χ3n) is 6.75. The summed E-state index contributed by atoms with van der Waals surface area (Å²) in [5.41, 5.74) is 7.96. The first-order chi connectivity index (χ1) is 21.4. The molecule has 0 amide bonds. The number of carbonyl (C=O) groups excluding carboxylic acids is 2. The summed E-state index contributed by atoms with van der Waals surface area (Å²) in [6.45, 7) is 9.54. The van der Waals surface area contributed by atoms with E-state index in [0.29, 0.717) is 29.6 Å². The summed E-state index contributed by atoms with van der Waals surface area (Å²) in [6.07, 6.45) is 3.29. The lowest BCUT2D eigenvalue weighted by atomic mass is 10.1. The predicted octanol–water partition coefficient (Wildman–Crippen LogP) is 3.48. The molecular formula is C30H45N8O6P. The Morgan fingerprint density at radius 2 is 1.80 bits per heavy atom. The molecule has 0 radical (unpaired) electrons. The summed E-state index contributed by atoms with van der Waals surface area (Å²) in [4.78, 5) is 39.0. The Balaban J connectivity index is 1.49. The molecule has 1 aromatic carbocycles. The van der Waals surface area contributed by atoms with Crippen molar-refractivity contribution in [3.05, 3.63) is 42.2 Å². The van der Waals surface area contributed by atoms with Crippen molar-refractivity contribution < 1.29 is 28.4 Å². The van der Waals surface area contributed by atoms with Gasteiger partial charge in [0.15, 0.2) is 17.0 Å².